The minimum absolute atomic E-state index is 0.321. The average molecular weight is 277 g/mol. The molecule has 6 nitrogen and oxygen atoms in total. The molecule has 2 aromatic rings. The predicted octanol–water partition coefficient (Wildman–Crippen LogP) is 1.89. The van der Waals surface area contributed by atoms with E-state index in [0.29, 0.717) is 21.3 Å². The van der Waals surface area contributed by atoms with Gasteiger partial charge in [-0.05, 0) is 19.1 Å². The van der Waals surface area contributed by atoms with E-state index in [1.165, 1.54) is 13.3 Å². The second-order valence-corrected chi connectivity index (χ2v) is 4.62. The molecule has 19 heavy (non-hydrogen) atoms. The first-order chi connectivity index (χ1) is 9.11. The van der Waals surface area contributed by atoms with Gasteiger partial charge in [0.25, 0.3) is 5.91 Å². The number of carbonyl (C=O) groups excluding carboxylic acids is 2. The van der Waals surface area contributed by atoms with Crippen LogP contribution in [0.5, 0.6) is 0 Å². The van der Waals surface area contributed by atoms with Gasteiger partial charge in [0.05, 0.1) is 18.4 Å². The molecule has 98 valence electrons. The Bertz CT molecular complexity index is 610. The monoisotopic (exact) mass is 277 g/mol. The van der Waals surface area contributed by atoms with Crippen molar-refractivity contribution in [3.8, 4) is 0 Å². The highest BCUT2D eigenvalue weighted by Crippen LogP contribution is 2.23. The van der Waals surface area contributed by atoms with Crippen LogP contribution in [0, 0.1) is 6.92 Å². The number of rotatable bonds is 3. The van der Waals surface area contributed by atoms with Gasteiger partial charge >= 0.3 is 5.97 Å². The standard InChI is InChI=1S/C12H11N3O3S/c1-7-9(11(17)18-2)19-12(14-7)15-10(16)8-4-3-5-13-6-8/h3-6H,1-2H3,(H,14,15,16). The molecule has 2 rings (SSSR count). The van der Waals surface area contributed by atoms with Gasteiger partial charge < -0.3 is 4.74 Å². The van der Waals surface area contributed by atoms with Crippen molar-refractivity contribution in [1.29, 1.82) is 0 Å². The Labute approximate surface area is 113 Å². The van der Waals surface area contributed by atoms with Gasteiger partial charge in [0, 0.05) is 12.4 Å². The van der Waals surface area contributed by atoms with Crippen molar-refractivity contribution in [3.63, 3.8) is 0 Å². The highest BCUT2D eigenvalue weighted by Gasteiger charge is 2.17. The SMILES string of the molecule is COC(=O)c1sc(NC(=O)c2cccnc2)nc1C. The first-order valence-electron chi connectivity index (χ1n) is 5.39. The zero-order chi connectivity index (χ0) is 13.8. The Hall–Kier alpha value is -2.28. The van der Waals surface area contributed by atoms with E-state index < -0.39 is 5.97 Å². The topological polar surface area (TPSA) is 81.2 Å². The zero-order valence-corrected chi connectivity index (χ0v) is 11.2. The Morgan fingerprint density at radius 2 is 2.21 bits per heavy atom. The maximum absolute atomic E-state index is 11.9. The number of aromatic nitrogens is 2. The summed E-state index contributed by atoms with van der Waals surface area (Å²) in [5.74, 6) is -0.782. The molecule has 0 aromatic carbocycles. The molecule has 0 aliphatic heterocycles. The number of ether oxygens (including phenoxy) is 1. The lowest BCUT2D eigenvalue weighted by molar-refractivity contribution is 0.0605. The zero-order valence-electron chi connectivity index (χ0n) is 10.3. The molecule has 2 aromatic heterocycles. The van der Waals surface area contributed by atoms with Crippen LogP contribution in [0.1, 0.15) is 25.7 Å². The lowest BCUT2D eigenvalue weighted by Crippen LogP contribution is -2.11. The molecule has 0 unspecified atom stereocenters. The van der Waals surface area contributed by atoms with Crippen LogP contribution >= 0.6 is 11.3 Å². The number of carbonyl (C=O) groups is 2. The molecular weight excluding hydrogens is 266 g/mol. The van der Waals surface area contributed by atoms with Gasteiger partial charge in [-0.25, -0.2) is 9.78 Å². The average Bonchev–Trinajstić information content (AvgIpc) is 2.79. The maximum atomic E-state index is 11.9. The smallest absolute Gasteiger partial charge is 0.350 e. The Kier molecular flexibility index (Phi) is 3.86. The molecule has 0 saturated carbocycles. The van der Waals surface area contributed by atoms with Gasteiger partial charge in [-0.2, -0.15) is 0 Å². The van der Waals surface area contributed by atoms with Crippen molar-refractivity contribution in [3.05, 3.63) is 40.7 Å². The van der Waals surface area contributed by atoms with Crippen LogP contribution in [-0.4, -0.2) is 29.0 Å². The second kappa shape index (κ2) is 5.57. The molecule has 0 atom stereocenters. The minimum atomic E-state index is -0.461. The van der Waals surface area contributed by atoms with Crippen LogP contribution < -0.4 is 5.32 Å². The Morgan fingerprint density at radius 3 is 2.84 bits per heavy atom. The van der Waals surface area contributed by atoms with E-state index in [2.05, 4.69) is 20.0 Å². The number of nitrogens with zero attached hydrogens (tertiary/aromatic N) is 2. The summed E-state index contributed by atoms with van der Waals surface area (Å²) in [7, 11) is 1.30. The van der Waals surface area contributed by atoms with Crippen molar-refractivity contribution in [2.24, 2.45) is 0 Å². The molecule has 0 aliphatic carbocycles. The van der Waals surface area contributed by atoms with Crippen molar-refractivity contribution in [2.45, 2.75) is 6.92 Å². The fourth-order valence-corrected chi connectivity index (χ4v) is 2.28. The van der Waals surface area contributed by atoms with Crippen LogP contribution in [0.2, 0.25) is 0 Å². The lowest BCUT2D eigenvalue weighted by atomic mass is 10.3. The van der Waals surface area contributed by atoms with Crippen LogP contribution in [0.4, 0.5) is 5.13 Å². The van der Waals surface area contributed by atoms with Gasteiger partial charge in [0.1, 0.15) is 4.88 Å². The molecule has 0 radical (unpaired) electrons. The van der Waals surface area contributed by atoms with E-state index in [-0.39, 0.29) is 5.91 Å². The molecule has 0 saturated heterocycles. The highest BCUT2D eigenvalue weighted by atomic mass is 32.1. The number of hydrogen-bond acceptors (Lipinski definition) is 6. The first-order valence-corrected chi connectivity index (χ1v) is 6.20. The third-order valence-corrected chi connectivity index (χ3v) is 3.36. The maximum Gasteiger partial charge on any atom is 0.350 e. The normalized spacial score (nSPS) is 10.0. The number of methoxy groups -OCH3 is 1. The van der Waals surface area contributed by atoms with E-state index in [1.54, 1.807) is 25.3 Å². The fraction of sp³-hybridized carbons (Fsp3) is 0.167. The van der Waals surface area contributed by atoms with Crippen molar-refractivity contribution in [2.75, 3.05) is 12.4 Å². The van der Waals surface area contributed by atoms with Gasteiger partial charge in [-0.1, -0.05) is 11.3 Å². The predicted molar refractivity (Wildman–Crippen MR) is 70.4 cm³/mol. The number of aryl methyl sites for hydroxylation is 1. The Morgan fingerprint density at radius 1 is 1.42 bits per heavy atom. The quantitative estimate of drug-likeness (QED) is 0.866. The molecular formula is C12H11N3O3S. The summed E-state index contributed by atoms with van der Waals surface area (Å²) in [6.45, 7) is 1.68. The third kappa shape index (κ3) is 2.94. The van der Waals surface area contributed by atoms with Crippen molar-refractivity contribution in [1.82, 2.24) is 9.97 Å². The van der Waals surface area contributed by atoms with Crippen molar-refractivity contribution < 1.29 is 14.3 Å². The number of amides is 1. The first kappa shape index (κ1) is 13.2. The summed E-state index contributed by atoms with van der Waals surface area (Å²) in [5, 5.41) is 2.97. The number of hydrogen-bond donors (Lipinski definition) is 1. The molecule has 0 aliphatic rings. The largest absolute Gasteiger partial charge is 0.465 e. The van der Waals surface area contributed by atoms with Crippen LogP contribution in [0.3, 0.4) is 0 Å². The van der Waals surface area contributed by atoms with E-state index in [1.807, 2.05) is 0 Å². The van der Waals surface area contributed by atoms with Gasteiger partial charge in [-0.3, -0.25) is 15.1 Å². The molecule has 0 fully saturated rings. The summed E-state index contributed by atoms with van der Waals surface area (Å²) >= 11 is 1.08. The molecule has 1 amide bonds. The molecule has 1 N–H and O–H groups in total. The number of thiazole rings is 1. The van der Waals surface area contributed by atoms with E-state index >= 15 is 0 Å². The minimum Gasteiger partial charge on any atom is -0.465 e. The van der Waals surface area contributed by atoms with Gasteiger partial charge in [-0.15, -0.1) is 0 Å². The summed E-state index contributed by atoms with van der Waals surface area (Å²) in [5.41, 5.74) is 0.952. The van der Waals surface area contributed by atoms with Gasteiger partial charge in [0.15, 0.2) is 5.13 Å². The molecule has 7 heteroatoms. The van der Waals surface area contributed by atoms with E-state index in [4.69, 9.17) is 0 Å². The van der Waals surface area contributed by atoms with Crippen LogP contribution in [0.15, 0.2) is 24.5 Å². The number of esters is 1. The molecule has 0 spiro atoms. The number of anilines is 1. The van der Waals surface area contributed by atoms with Crippen LogP contribution in [-0.2, 0) is 4.74 Å². The number of nitrogens with one attached hydrogen (secondary N) is 1. The summed E-state index contributed by atoms with van der Waals surface area (Å²) in [4.78, 5) is 31.7. The summed E-state index contributed by atoms with van der Waals surface area (Å²) < 4.78 is 4.63. The highest BCUT2D eigenvalue weighted by molar-refractivity contribution is 7.17. The van der Waals surface area contributed by atoms with Crippen LogP contribution in [0.25, 0.3) is 0 Å². The number of pyridine rings is 1. The molecule has 2 heterocycles. The molecule has 0 bridgehead atoms. The summed E-state index contributed by atoms with van der Waals surface area (Å²) in [6, 6.07) is 3.31. The third-order valence-electron chi connectivity index (χ3n) is 2.31. The van der Waals surface area contributed by atoms with E-state index in [0.717, 1.165) is 11.3 Å². The lowest BCUT2D eigenvalue weighted by Gasteiger charge is -1.99. The Balaban J connectivity index is 2.16. The fourth-order valence-electron chi connectivity index (χ4n) is 1.40. The van der Waals surface area contributed by atoms with Gasteiger partial charge in [0.2, 0.25) is 0 Å². The second-order valence-electron chi connectivity index (χ2n) is 3.62. The summed E-state index contributed by atoms with van der Waals surface area (Å²) in [6.07, 6.45) is 3.04. The van der Waals surface area contributed by atoms with E-state index in [9.17, 15) is 9.59 Å². The van der Waals surface area contributed by atoms with Crippen molar-refractivity contribution >= 4 is 28.3 Å².